The van der Waals surface area contributed by atoms with Crippen molar-refractivity contribution in [2.45, 2.75) is 33.6 Å². The first-order valence-corrected chi connectivity index (χ1v) is 4.16. The van der Waals surface area contributed by atoms with Crippen LogP contribution in [0.3, 0.4) is 0 Å². The largest absolute Gasteiger partial charge is 1.00 e. The minimum atomic E-state index is 0. The first kappa shape index (κ1) is 18.2. The summed E-state index contributed by atoms with van der Waals surface area (Å²) in [5.74, 6) is 0. The van der Waals surface area contributed by atoms with Crippen molar-refractivity contribution in [3.63, 3.8) is 0 Å². The maximum Gasteiger partial charge on any atom is 1.00 e. The van der Waals surface area contributed by atoms with Gasteiger partial charge in [0, 0.05) is 0 Å². The standard InChI is InChI=1S/C7H14N.C2H6.K/c1-3-5-6-7-8-4-2;1-2;/h3H,1,4-7H2,2H3;1-2H3;/q-1;;+1. The first-order valence-electron chi connectivity index (χ1n) is 4.16. The van der Waals surface area contributed by atoms with Gasteiger partial charge in [0.2, 0.25) is 0 Å². The van der Waals surface area contributed by atoms with Gasteiger partial charge in [0.15, 0.2) is 0 Å². The summed E-state index contributed by atoms with van der Waals surface area (Å²) in [6, 6.07) is 0. The average Bonchev–Trinajstić information content (AvgIpc) is 2.02. The molecular weight excluding hydrogens is 161 g/mol. The summed E-state index contributed by atoms with van der Waals surface area (Å²) in [6.45, 7) is 11.6. The van der Waals surface area contributed by atoms with Crippen LogP contribution in [0.15, 0.2) is 12.7 Å². The van der Waals surface area contributed by atoms with E-state index in [0.29, 0.717) is 0 Å². The van der Waals surface area contributed by atoms with E-state index < -0.39 is 0 Å². The molecule has 62 valence electrons. The molecule has 0 heterocycles. The third-order valence-corrected chi connectivity index (χ3v) is 0.948. The van der Waals surface area contributed by atoms with Crippen molar-refractivity contribution in [3.8, 4) is 0 Å². The molecule has 1 nitrogen and oxygen atoms in total. The molecule has 0 rings (SSSR count). The van der Waals surface area contributed by atoms with Gasteiger partial charge in [-0.15, -0.1) is 13.1 Å². The van der Waals surface area contributed by atoms with E-state index in [4.69, 9.17) is 0 Å². The maximum absolute atomic E-state index is 4.16. The topological polar surface area (TPSA) is 14.1 Å². The van der Waals surface area contributed by atoms with Gasteiger partial charge >= 0.3 is 51.4 Å². The van der Waals surface area contributed by atoms with Crippen molar-refractivity contribution >= 4 is 0 Å². The summed E-state index contributed by atoms with van der Waals surface area (Å²) in [7, 11) is 0. The third-order valence-electron chi connectivity index (χ3n) is 0.948. The zero-order chi connectivity index (χ0) is 8.24. The van der Waals surface area contributed by atoms with E-state index in [1.165, 1.54) is 0 Å². The number of nitrogens with zero attached hydrogens (tertiary/aromatic N) is 1. The quantitative estimate of drug-likeness (QED) is 0.331. The van der Waals surface area contributed by atoms with Crippen molar-refractivity contribution in [2.24, 2.45) is 0 Å². The molecule has 0 spiro atoms. The summed E-state index contributed by atoms with van der Waals surface area (Å²) in [5.41, 5.74) is 0. The zero-order valence-corrected chi connectivity index (χ0v) is 11.7. The van der Waals surface area contributed by atoms with Gasteiger partial charge in [-0.3, -0.25) is 0 Å². The number of hydrogen-bond donors (Lipinski definition) is 0. The zero-order valence-electron chi connectivity index (χ0n) is 8.56. The van der Waals surface area contributed by atoms with E-state index in [1.807, 2.05) is 19.9 Å². The van der Waals surface area contributed by atoms with Gasteiger partial charge < -0.3 is 5.32 Å². The molecule has 0 aromatic heterocycles. The van der Waals surface area contributed by atoms with Gasteiger partial charge in [0.25, 0.3) is 0 Å². The monoisotopic (exact) mass is 181 g/mol. The molecule has 0 aliphatic carbocycles. The summed E-state index contributed by atoms with van der Waals surface area (Å²) in [5, 5.41) is 4.16. The third kappa shape index (κ3) is 24.6. The Bertz CT molecular complexity index is 55.5. The SMILES string of the molecule is C=CCCC[N-]CC.CC.[K+]. The minimum absolute atomic E-state index is 0. The van der Waals surface area contributed by atoms with Crippen LogP contribution in [0.25, 0.3) is 5.32 Å². The molecule has 0 unspecified atom stereocenters. The van der Waals surface area contributed by atoms with Crippen molar-refractivity contribution in [2.75, 3.05) is 13.1 Å². The fourth-order valence-corrected chi connectivity index (χ4v) is 0.506. The van der Waals surface area contributed by atoms with E-state index in [-0.39, 0.29) is 51.4 Å². The molecule has 0 aromatic carbocycles. The van der Waals surface area contributed by atoms with Crippen LogP contribution in [-0.4, -0.2) is 13.1 Å². The summed E-state index contributed by atoms with van der Waals surface area (Å²) in [6.07, 6.45) is 4.20. The predicted molar refractivity (Wildman–Crippen MR) is 49.5 cm³/mol. The maximum atomic E-state index is 4.16. The van der Waals surface area contributed by atoms with Crippen molar-refractivity contribution in [1.29, 1.82) is 0 Å². The van der Waals surface area contributed by atoms with Crippen molar-refractivity contribution in [3.05, 3.63) is 18.0 Å². The minimum Gasteiger partial charge on any atom is -0.662 e. The number of unbranched alkanes of at least 4 members (excludes halogenated alkanes) is 1. The van der Waals surface area contributed by atoms with Gasteiger partial charge in [0.1, 0.15) is 0 Å². The van der Waals surface area contributed by atoms with Crippen LogP contribution in [0.5, 0.6) is 0 Å². The fourth-order valence-electron chi connectivity index (χ4n) is 0.506. The van der Waals surface area contributed by atoms with Crippen LogP contribution in [0.4, 0.5) is 0 Å². The number of hydrogen-bond acceptors (Lipinski definition) is 0. The Morgan fingerprint density at radius 3 is 2.27 bits per heavy atom. The van der Waals surface area contributed by atoms with E-state index in [2.05, 4.69) is 18.8 Å². The summed E-state index contributed by atoms with van der Waals surface area (Å²) >= 11 is 0. The van der Waals surface area contributed by atoms with Crippen molar-refractivity contribution in [1.82, 2.24) is 0 Å². The molecule has 0 N–H and O–H groups in total. The van der Waals surface area contributed by atoms with E-state index in [9.17, 15) is 0 Å². The second kappa shape index (κ2) is 22.5. The number of rotatable bonds is 5. The Morgan fingerprint density at radius 1 is 1.36 bits per heavy atom. The average molecular weight is 181 g/mol. The molecule has 0 saturated heterocycles. The van der Waals surface area contributed by atoms with E-state index in [1.54, 1.807) is 0 Å². The van der Waals surface area contributed by atoms with Crippen LogP contribution >= 0.6 is 0 Å². The second-order valence-electron chi connectivity index (χ2n) is 1.69. The molecule has 0 amide bonds. The van der Waals surface area contributed by atoms with Crippen LogP contribution < -0.4 is 51.4 Å². The fraction of sp³-hybridized carbons (Fsp3) is 0.778. The van der Waals surface area contributed by atoms with Crippen molar-refractivity contribution < 1.29 is 51.4 Å². The Labute approximate surface area is 114 Å². The molecule has 11 heavy (non-hydrogen) atoms. The molecule has 0 fully saturated rings. The van der Waals surface area contributed by atoms with Gasteiger partial charge in [-0.1, -0.05) is 33.3 Å². The van der Waals surface area contributed by atoms with Crippen LogP contribution in [0.1, 0.15) is 33.6 Å². The smallest absolute Gasteiger partial charge is 0.662 e. The van der Waals surface area contributed by atoms with E-state index in [0.717, 1.165) is 25.9 Å². The Kier molecular flexibility index (Phi) is 37.2. The van der Waals surface area contributed by atoms with Crippen LogP contribution in [0, 0.1) is 0 Å². The molecule has 0 aromatic rings. The Hall–Kier alpha value is 1.34. The van der Waals surface area contributed by atoms with E-state index >= 15 is 0 Å². The Balaban J connectivity index is -0.000000196. The molecule has 0 atom stereocenters. The number of allylic oxidation sites excluding steroid dienone is 1. The summed E-state index contributed by atoms with van der Waals surface area (Å²) in [4.78, 5) is 0. The molecule has 0 saturated carbocycles. The molecule has 0 aliphatic heterocycles. The molecule has 0 aliphatic rings. The van der Waals surface area contributed by atoms with Gasteiger partial charge in [-0.25, -0.2) is 0 Å². The molecule has 0 bridgehead atoms. The van der Waals surface area contributed by atoms with Gasteiger partial charge in [-0.2, -0.15) is 6.54 Å². The second-order valence-corrected chi connectivity index (χ2v) is 1.69. The van der Waals surface area contributed by atoms with Gasteiger partial charge in [-0.05, 0) is 6.42 Å². The van der Waals surface area contributed by atoms with Crippen LogP contribution in [-0.2, 0) is 0 Å². The predicted octanol–water partition coefficient (Wildman–Crippen LogP) is 0.376. The van der Waals surface area contributed by atoms with Crippen LogP contribution in [0.2, 0.25) is 0 Å². The first-order chi connectivity index (χ1) is 4.91. The molecular formula is C9H20KN. The van der Waals surface area contributed by atoms with Gasteiger partial charge in [0.05, 0.1) is 0 Å². The Morgan fingerprint density at radius 2 is 1.91 bits per heavy atom. The summed E-state index contributed by atoms with van der Waals surface area (Å²) < 4.78 is 0. The molecule has 2 heteroatoms. The molecule has 0 radical (unpaired) electrons. The normalized spacial score (nSPS) is 7.18.